The molecule has 2 aromatic carbocycles. The maximum Gasteiger partial charge on any atom is 0.573 e. The first kappa shape index (κ1) is 25.5. The minimum atomic E-state index is -4.96. The molecule has 2 aromatic heterocycles. The summed E-state index contributed by atoms with van der Waals surface area (Å²) in [5, 5.41) is 17.6. The van der Waals surface area contributed by atoms with Crippen molar-refractivity contribution in [2.45, 2.75) is 26.6 Å². The summed E-state index contributed by atoms with van der Waals surface area (Å²) in [5.41, 5.74) is 2.60. The van der Waals surface area contributed by atoms with Crippen LogP contribution in [0.15, 0.2) is 60.8 Å². The zero-order valence-electron chi connectivity index (χ0n) is 20.1. The van der Waals surface area contributed by atoms with E-state index in [0.29, 0.717) is 35.1 Å². The number of pyridine rings is 1. The van der Waals surface area contributed by atoms with Gasteiger partial charge in [-0.2, -0.15) is 9.78 Å². The van der Waals surface area contributed by atoms with Crippen LogP contribution in [0.4, 0.5) is 24.7 Å². The van der Waals surface area contributed by atoms with Crippen molar-refractivity contribution in [3.05, 3.63) is 77.6 Å². The number of aryl methyl sites for hydroxylation is 2. The van der Waals surface area contributed by atoms with E-state index in [1.54, 1.807) is 36.2 Å². The van der Waals surface area contributed by atoms with E-state index >= 15 is 0 Å². The monoisotopic (exact) mass is 512 g/mol. The highest BCUT2D eigenvalue weighted by molar-refractivity contribution is 5.96. The lowest BCUT2D eigenvalue weighted by Gasteiger charge is -2.16. The number of aromatic carboxylic acids is 1. The van der Waals surface area contributed by atoms with Gasteiger partial charge in [-0.3, -0.25) is 0 Å². The summed E-state index contributed by atoms with van der Waals surface area (Å²) >= 11 is 0. The van der Waals surface area contributed by atoms with Crippen molar-refractivity contribution >= 4 is 17.5 Å². The highest BCUT2D eigenvalue weighted by atomic mass is 19.4. The number of rotatable bonds is 8. The highest BCUT2D eigenvalue weighted by Crippen LogP contribution is 2.38. The molecule has 0 radical (unpaired) electrons. The Hall–Kier alpha value is -4.54. The first-order chi connectivity index (χ1) is 17.6. The summed E-state index contributed by atoms with van der Waals surface area (Å²) < 4.78 is 48.9. The van der Waals surface area contributed by atoms with Crippen molar-refractivity contribution in [2.75, 3.05) is 12.4 Å². The number of anilines is 2. The first-order valence-electron chi connectivity index (χ1n) is 11.2. The van der Waals surface area contributed by atoms with Crippen molar-refractivity contribution in [1.29, 1.82) is 0 Å². The Bertz CT molecular complexity index is 1430. The molecule has 0 aliphatic carbocycles. The number of carbonyl (C=O) groups is 1. The molecular formula is C26H23F3N4O4. The Balaban J connectivity index is 1.92. The van der Waals surface area contributed by atoms with Gasteiger partial charge < -0.3 is 19.9 Å². The van der Waals surface area contributed by atoms with Crippen LogP contribution >= 0.6 is 0 Å². The molecule has 0 spiro atoms. The van der Waals surface area contributed by atoms with Crippen LogP contribution in [-0.2, 0) is 6.42 Å². The van der Waals surface area contributed by atoms with Crippen LogP contribution in [-0.4, -0.2) is 39.3 Å². The van der Waals surface area contributed by atoms with E-state index in [0.717, 1.165) is 23.3 Å². The van der Waals surface area contributed by atoms with Crippen LogP contribution in [0.5, 0.6) is 11.5 Å². The number of hydrogen-bond donors (Lipinski definition) is 2. The number of aromatic nitrogens is 3. The second-order valence-electron chi connectivity index (χ2n) is 7.99. The Morgan fingerprint density at radius 1 is 1.11 bits per heavy atom. The third-order valence-electron chi connectivity index (χ3n) is 5.56. The third-order valence-corrected chi connectivity index (χ3v) is 5.56. The molecule has 4 rings (SSSR count). The molecule has 0 aliphatic heterocycles. The predicted molar refractivity (Wildman–Crippen MR) is 131 cm³/mol. The Kier molecular flexibility index (Phi) is 7.05. The molecule has 37 heavy (non-hydrogen) atoms. The van der Waals surface area contributed by atoms with E-state index in [4.69, 9.17) is 9.84 Å². The molecule has 0 saturated heterocycles. The number of carboxylic acid groups (broad SMARTS) is 1. The highest BCUT2D eigenvalue weighted by Gasteiger charge is 2.32. The van der Waals surface area contributed by atoms with E-state index in [1.807, 2.05) is 32.0 Å². The van der Waals surface area contributed by atoms with Gasteiger partial charge in [0.05, 0.1) is 24.1 Å². The van der Waals surface area contributed by atoms with Gasteiger partial charge in [0.15, 0.2) is 5.82 Å². The van der Waals surface area contributed by atoms with Gasteiger partial charge in [0.2, 0.25) is 0 Å². The van der Waals surface area contributed by atoms with Gasteiger partial charge in [0, 0.05) is 11.8 Å². The predicted octanol–water partition coefficient (Wildman–Crippen LogP) is 6.15. The summed E-state index contributed by atoms with van der Waals surface area (Å²) in [7, 11) is 1.56. The van der Waals surface area contributed by atoms with Crippen molar-refractivity contribution in [3.8, 4) is 28.4 Å². The Morgan fingerprint density at radius 3 is 2.41 bits per heavy atom. The molecule has 192 valence electrons. The van der Waals surface area contributed by atoms with E-state index in [1.165, 1.54) is 6.07 Å². The molecule has 11 heteroatoms. The number of methoxy groups -OCH3 is 1. The lowest BCUT2D eigenvalue weighted by atomic mass is 10.0. The average molecular weight is 512 g/mol. The van der Waals surface area contributed by atoms with E-state index in [2.05, 4.69) is 15.0 Å². The van der Waals surface area contributed by atoms with Gasteiger partial charge in [-0.1, -0.05) is 25.1 Å². The van der Waals surface area contributed by atoms with Crippen LogP contribution in [0.1, 0.15) is 28.5 Å². The fourth-order valence-electron chi connectivity index (χ4n) is 3.87. The van der Waals surface area contributed by atoms with Gasteiger partial charge >= 0.3 is 12.3 Å². The van der Waals surface area contributed by atoms with Crippen LogP contribution in [0.2, 0.25) is 0 Å². The standard InChI is InChI=1S/C26H23F3N4O4/c1-4-20-22(16-7-9-17(36-3)10-8-16)24(33(32-20)23-15(2)6-5-13-30-23)31-21-12-11-18(37-26(27,28)29)14-19(21)25(34)35/h5-14,31H,4H2,1-3H3,(H,34,35). The van der Waals surface area contributed by atoms with E-state index in [9.17, 15) is 23.1 Å². The molecule has 2 N–H and O–H groups in total. The number of carboxylic acids is 1. The second kappa shape index (κ2) is 10.2. The molecule has 0 atom stereocenters. The molecule has 0 amide bonds. The van der Waals surface area contributed by atoms with Crippen LogP contribution < -0.4 is 14.8 Å². The smallest absolute Gasteiger partial charge is 0.497 e. The van der Waals surface area contributed by atoms with Gasteiger partial charge in [0.25, 0.3) is 0 Å². The number of ether oxygens (including phenoxy) is 2. The fourth-order valence-corrected chi connectivity index (χ4v) is 3.87. The second-order valence-corrected chi connectivity index (χ2v) is 7.99. The number of nitrogens with zero attached hydrogens (tertiary/aromatic N) is 3. The Labute approximate surface area is 210 Å². The molecule has 0 saturated carbocycles. The lowest BCUT2D eigenvalue weighted by Crippen LogP contribution is -2.17. The third kappa shape index (κ3) is 5.50. The lowest BCUT2D eigenvalue weighted by molar-refractivity contribution is -0.274. The number of nitrogens with one attached hydrogen (secondary N) is 1. The largest absolute Gasteiger partial charge is 0.573 e. The SMILES string of the molecule is CCc1nn(-c2ncccc2C)c(Nc2ccc(OC(F)(F)F)cc2C(=O)O)c1-c1ccc(OC)cc1. The quantitative estimate of drug-likeness (QED) is 0.292. The summed E-state index contributed by atoms with van der Waals surface area (Å²) in [4.78, 5) is 16.5. The minimum absolute atomic E-state index is 0.0502. The zero-order valence-corrected chi connectivity index (χ0v) is 20.1. The molecule has 0 bridgehead atoms. The summed E-state index contributed by atoms with van der Waals surface area (Å²) in [6.07, 6.45) is -2.81. The van der Waals surface area contributed by atoms with Crippen molar-refractivity contribution in [1.82, 2.24) is 14.8 Å². The topological polar surface area (TPSA) is 98.5 Å². The number of halogens is 3. The van der Waals surface area contributed by atoms with Gasteiger partial charge in [-0.25, -0.2) is 9.78 Å². The molecule has 4 aromatic rings. The van der Waals surface area contributed by atoms with Crippen LogP contribution in [0.25, 0.3) is 16.9 Å². The van der Waals surface area contributed by atoms with Gasteiger partial charge in [-0.05, 0) is 60.9 Å². The summed E-state index contributed by atoms with van der Waals surface area (Å²) in [5.74, 6) is -0.520. The maximum atomic E-state index is 12.7. The normalized spacial score (nSPS) is 11.3. The van der Waals surface area contributed by atoms with Crippen molar-refractivity contribution < 1.29 is 32.5 Å². The summed E-state index contributed by atoms with van der Waals surface area (Å²) in [6.45, 7) is 3.79. The fraction of sp³-hybridized carbons (Fsp3) is 0.192. The molecule has 0 aliphatic rings. The Morgan fingerprint density at radius 2 is 1.81 bits per heavy atom. The maximum absolute atomic E-state index is 12.7. The van der Waals surface area contributed by atoms with Crippen molar-refractivity contribution in [3.63, 3.8) is 0 Å². The van der Waals surface area contributed by atoms with E-state index < -0.39 is 23.6 Å². The molecule has 0 unspecified atom stereocenters. The molecule has 0 fully saturated rings. The van der Waals surface area contributed by atoms with Gasteiger partial charge in [0.1, 0.15) is 17.3 Å². The zero-order chi connectivity index (χ0) is 26.7. The summed E-state index contributed by atoms with van der Waals surface area (Å²) in [6, 6.07) is 14.0. The molecule has 8 nitrogen and oxygen atoms in total. The van der Waals surface area contributed by atoms with E-state index in [-0.39, 0.29) is 5.69 Å². The average Bonchev–Trinajstić information content (AvgIpc) is 3.22. The number of alkyl halides is 3. The minimum Gasteiger partial charge on any atom is -0.497 e. The first-order valence-corrected chi connectivity index (χ1v) is 11.2. The number of benzene rings is 2. The molecule has 2 heterocycles. The van der Waals surface area contributed by atoms with Crippen molar-refractivity contribution in [2.24, 2.45) is 0 Å². The van der Waals surface area contributed by atoms with Crippen LogP contribution in [0, 0.1) is 6.92 Å². The number of hydrogen-bond acceptors (Lipinski definition) is 6. The molecular weight excluding hydrogens is 489 g/mol. The van der Waals surface area contributed by atoms with Gasteiger partial charge in [-0.15, -0.1) is 13.2 Å². The van der Waals surface area contributed by atoms with Crippen LogP contribution in [0.3, 0.4) is 0 Å².